The second-order valence-corrected chi connectivity index (χ2v) is 10.9. The molecule has 0 amide bonds. The predicted molar refractivity (Wildman–Crippen MR) is 163 cm³/mol. The first-order chi connectivity index (χ1) is 18.9. The topological polar surface area (TPSA) is 64.3 Å². The largest absolute Gasteiger partial charge is 0.477 e. The molecule has 198 valence electrons. The zero-order chi connectivity index (χ0) is 27.8. The number of rotatable bonds is 11. The molecular weight excluding hydrogens is 500 g/mol. The quantitative estimate of drug-likeness (QED) is 0.118. The van der Waals surface area contributed by atoms with Gasteiger partial charge in [0.2, 0.25) is 0 Å². The molecule has 0 unspecified atom stereocenters. The molecule has 5 heteroatoms. The Morgan fingerprint density at radius 3 is 1.90 bits per heavy atom. The summed E-state index contributed by atoms with van der Waals surface area (Å²) in [4.78, 5) is 15.6. The summed E-state index contributed by atoms with van der Waals surface area (Å²) in [5, 5.41) is 18.6. The van der Waals surface area contributed by atoms with Crippen molar-refractivity contribution in [1.29, 1.82) is 5.26 Å². The SMILES string of the molecule is CCCCCCc1cc(/C=C(/C#N)C(=O)O)sc1-c1ccc(N(c2ccc(C)cc2)c2ccc(C)cc2)cc1. The van der Waals surface area contributed by atoms with Gasteiger partial charge in [0.25, 0.3) is 0 Å². The van der Waals surface area contributed by atoms with Gasteiger partial charge in [0.1, 0.15) is 11.6 Å². The minimum Gasteiger partial charge on any atom is -0.477 e. The highest BCUT2D eigenvalue weighted by Crippen LogP contribution is 2.39. The van der Waals surface area contributed by atoms with E-state index in [1.807, 2.05) is 6.07 Å². The Morgan fingerprint density at radius 2 is 1.41 bits per heavy atom. The van der Waals surface area contributed by atoms with Gasteiger partial charge in [0.05, 0.1) is 0 Å². The molecule has 1 heterocycles. The number of nitrogens with zero attached hydrogens (tertiary/aromatic N) is 2. The molecule has 0 bridgehead atoms. The Bertz CT molecular complexity index is 1430. The zero-order valence-corrected chi connectivity index (χ0v) is 23.6. The van der Waals surface area contributed by atoms with Gasteiger partial charge in [-0.3, -0.25) is 0 Å². The Morgan fingerprint density at radius 1 is 0.872 bits per heavy atom. The van der Waals surface area contributed by atoms with Gasteiger partial charge in [-0.25, -0.2) is 4.79 Å². The van der Waals surface area contributed by atoms with Crippen LogP contribution >= 0.6 is 11.3 Å². The van der Waals surface area contributed by atoms with Crippen molar-refractivity contribution in [2.75, 3.05) is 4.90 Å². The van der Waals surface area contributed by atoms with E-state index in [-0.39, 0.29) is 5.57 Å². The number of anilines is 3. The molecule has 4 rings (SSSR count). The van der Waals surface area contributed by atoms with E-state index in [4.69, 9.17) is 0 Å². The first-order valence-corrected chi connectivity index (χ1v) is 14.2. The molecule has 3 aromatic carbocycles. The highest BCUT2D eigenvalue weighted by Gasteiger charge is 2.16. The molecule has 0 saturated carbocycles. The summed E-state index contributed by atoms with van der Waals surface area (Å²) in [5.74, 6) is -1.20. The summed E-state index contributed by atoms with van der Waals surface area (Å²) in [5.41, 5.74) is 7.73. The third-order valence-electron chi connectivity index (χ3n) is 6.74. The zero-order valence-electron chi connectivity index (χ0n) is 22.8. The molecular formula is C34H34N2O2S. The van der Waals surface area contributed by atoms with Gasteiger partial charge in [0, 0.05) is 26.8 Å². The summed E-state index contributed by atoms with van der Waals surface area (Å²) in [6, 6.07) is 29.5. The van der Waals surface area contributed by atoms with Gasteiger partial charge in [-0.15, -0.1) is 11.3 Å². The van der Waals surface area contributed by atoms with Crippen LogP contribution in [0.4, 0.5) is 17.1 Å². The molecule has 0 aliphatic carbocycles. The number of benzene rings is 3. The second kappa shape index (κ2) is 13.1. The Kier molecular flexibility index (Phi) is 9.35. The number of nitriles is 1. The van der Waals surface area contributed by atoms with Crippen LogP contribution in [-0.2, 0) is 11.2 Å². The van der Waals surface area contributed by atoms with Crippen LogP contribution in [0.3, 0.4) is 0 Å². The average molecular weight is 535 g/mol. The lowest BCUT2D eigenvalue weighted by Crippen LogP contribution is -2.09. The second-order valence-electron chi connectivity index (χ2n) is 9.84. The van der Waals surface area contributed by atoms with Gasteiger partial charge in [-0.1, -0.05) is 73.7 Å². The molecule has 0 radical (unpaired) electrons. The maximum atomic E-state index is 11.4. The van der Waals surface area contributed by atoms with E-state index >= 15 is 0 Å². The minimum atomic E-state index is -1.20. The van der Waals surface area contributed by atoms with Crippen molar-refractivity contribution in [1.82, 2.24) is 0 Å². The molecule has 39 heavy (non-hydrogen) atoms. The average Bonchev–Trinajstić information content (AvgIpc) is 3.34. The highest BCUT2D eigenvalue weighted by atomic mass is 32.1. The maximum absolute atomic E-state index is 11.4. The minimum absolute atomic E-state index is 0.248. The van der Waals surface area contributed by atoms with Crippen LogP contribution in [0.2, 0.25) is 0 Å². The standard InChI is InChI=1S/C34H34N2O2S/c1-4-5-6-7-8-27-21-32(22-28(23-35)34(37)38)39-33(27)26-13-19-31(20-14-26)36(29-15-9-24(2)10-16-29)30-17-11-25(3)12-18-30/h9-22H,4-8H2,1-3H3,(H,37,38)/b28-22-. The molecule has 0 saturated heterocycles. The number of hydrogen-bond acceptors (Lipinski definition) is 4. The summed E-state index contributed by atoms with van der Waals surface area (Å²) in [7, 11) is 0. The molecule has 0 atom stereocenters. The number of thiophene rings is 1. The van der Waals surface area contributed by atoms with Crippen molar-refractivity contribution in [2.24, 2.45) is 0 Å². The Hall–Kier alpha value is -4.14. The number of carbonyl (C=O) groups is 1. The van der Waals surface area contributed by atoms with Crippen LogP contribution in [0.25, 0.3) is 16.5 Å². The fourth-order valence-electron chi connectivity index (χ4n) is 4.57. The normalized spacial score (nSPS) is 11.3. The van der Waals surface area contributed by atoms with Gasteiger partial charge in [0.15, 0.2) is 0 Å². The van der Waals surface area contributed by atoms with Crippen molar-refractivity contribution in [3.8, 4) is 16.5 Å². The number of unbranched alkanes of at least 4 members (excludes halogenated alkanes) is 3. The molecule has 0 aliphatic rings. The molecule has 0 spiro atoms. The van der Waals surface area contributed by atoms with E-state index in [1.54, 1.807) is 17.4 Å². The van der Waals surface area contributed by atoms with Gasteiger partial charge in [-0.05, 0) is 86.4 Å². The molecule has 1 N–H and O–H groups in total. The smallest absolute Gasteiger partial charge is 0.346 e. The molecule has 1 aromatic heterocycles. The first-order valence-electron chi connectivity index (χ1n) is 13.4. The molecule has 4 aromatic rings. The van der Waals surface area contributed by atoms with Gasteiger partial charge < -0.3 is 10.0 Å². The van der Waals surface area contributed by atoms with E-state index < -0.39 is 5.97 Å². The van der Waals surface area contributed by atoms with Crippen LogP contribution in [0.15, 0.2) is 84.4 Å². The molecule has 0 fully saturated rings. The van der Waals surface area contributed by atoms with Crippen LogP contribution in [0, 0.1) is 25.2 Å². The lowest BCUT2D eigenvalue weighted by molar-refractivity contribution is -0.132. The molecule has 0 aliphatic heterocycles. The van der Waals surface area contributed by atoms with Crippen molar-refractivity contribution in [2.45, 2.75) is 52.9 Å². The van der Waals surface area contributed by atoms with E-state index in [0.29, 0.717) is 0 Å². The fraction of sp³-hybridized carbons (Fsp3) is 0.235. The number of hydrogen-bond donors (Lipinski definition) is 1. The lowest BCUT2D eigenvalue weighted by Gasteiger charge is -2.26. The fourth-order valence-corrected chi connectivity index (χ4v) is 5.73. The summed E-state index contributed by atoms with van der Waals surface area (Å²) in [6.07, 6.45) is 7.03. The summed E-state index contributed by atoms with van der Waals surface area (Å²) in [6.45, 7) is 6.39. The van der Waals surface area contributed by atoms with Crippen LogP contribution in [0.1, 0.15) is 54.2 Å². The third kappa shape index (κ3) is 7.04. The highest BCUT2D eigenvalue weighted by molar-refractivity contribution is 7.16. The number of aliphatic carboxylic acids is 1. The van der Waals surface area contributed by atoms with Crippen molar-refractivity contribution < 1.29 is 9.90 Å². The van der Waals surface area contributed by atoms with Gasteiger partial charge in [-0.2, -0.15) is 5.26 Å². The van der Waals surface area contributed by atoms with Crippen molar-refractivity contribution >= 4 is 40.4 Å². The lowest BCUT2D eigenvalue weighted by atomic mass is 10.0. The van der Waals surface area contributed by atoms with Crippen LogP contribution in [-0.4, -0.2) is 11.1 Å². The monoisotopic (exact) mass is 534 g/mol. The number of carboxylic acid groups (broad SMARTS) is 1. The van der Waals surface area contributed by atoms with E-state index in [9.17, 15) is 15.2 Å². The van der Waals surface area contributed by atoms with Crippen molar-refractivity contribution in [3.63, 3.8) is 0 Å². The summed E-state index contributed by atoms with van der Waals surface area (Å²) >= 11 is 1.54. The van der Waals surface area contributed by atoms with Crippen molar-refractivity contribution in [3.05, 3.63) is 106 Å². The Labute approximate surface area is 235 Å². The third-order valence-corrected chi connectivity index (χ3v) is 7.91. The number of carboxylic acids is 1. The van der Waals surface area contributed by atoms with E-state index in [1.165, 1.54) is 35.6 Å². The van der Waals surface area contributed by atoms with Gasteiger partial charge >= 0.3 is 5.97 Å². The Balaban J connectivity index is 1.72. The summed E-state index contributed by atoms with van der Waals surface area (Å²) < 4.78 is 0. The molecule has 4 nitrogen and oxygen atoms in total. The number of aryl methyl sites for hydroxylation is 3. The van der Waals surface area contributed by atoms with E-state index in [0.717, 1.165) is 51.6 Å². The maximum Gasteiger partial charge on any atom is 0.346 e. The van der Waals surface area contributed by atoms with Crippen LogP contribution < -0.4 is 4.90 Å². The van der Waals surface area contributed by atoms with Crippen LogP contribution in [0.5, 0.6) is 0 Å². The predicted octanol–water partition coefficient (Wildman–Crippen LogP) is 9.62. The van der Waals surface area contributed by atoms with E-state index in [2.05, 4.69) is 98.5 Å². The first kappa shape index (κ1) is 27.9.